The Morgan fingerprint density at radius 3 is 2.15 bits per heavy atom. The number of hydrogen-bond donors (Lipinski definition) is 0. The summed E-state index contributed by atoms with van der Waals surface area (Å²) in [5, 5.41) is 0. The summed E-state index contributed by atoms with van der Waals surface area (Å²) in [6, 6.07) is 15.1. The molecule has 3 rings (SSSR count). The Bertz CT molecular complexity index is 980. The Hall–Kier alpha value is -3.01. The predicted molar refractivity (Wildman–Crippen MR) is 134 cm³/mol. The molecule has 4 nitrogen and oxygen atoms in total. The van der Waals surface area contributed by atoms with Crippen molar-refractivity contribution in [1.82, 2.24) is 9.97 Å². The molecule has 1 heterocycles. The van der Waals surface area contributed by atoms with E-state index in [0.717, 1.165) is 24.8 Å². The number of carbonyl (C=O) groups excluding carboxylic acids is 1. The highest BCUT2D eigenvalue weighted by Crippen LogP contribution is 2.21. The zero-order valence-electron chi connectivity index (χ0n) is 20.2. The fourth-order valence-corrected chi connectivity index (χ4v) is 3.73. The van der Waals surface area contributed by atoms with E-state index in [2.05, 4.69) is 30.7 Å². The van der Waals surface area contributed by atoms with Gasteiger partial charge in [-0.15, -0.1) is 0 Å². The third-order valence-corrected chi connectivity index (χ3v) is 6.07. The summed E-state index contributed by atoms with van der Waals surface area (Å²) in [5.74, 6) is 1.48. The average Bonchev–Trinajstić information content (AvgIpc) is 2.85. The van der Waals surface area contributed by atoms with Gasteiger partial charge in [0.25, 0.3) is 0 Å². The smallest absolute Gasteiger partial charge is 0.343 e. The van der Waals surface area contributed by atoms with Crippen LogP contribution in [0.1, 0.15) is 80.8 Å². The van der Waals surface area contributed by atoms with Crippen LogP contribution in [0.4, 0.5) is 0 Å². The fourth-order valence-electron chi connectivity index (χ4n) is 3.73. The molecule has 0 fully saturated rings. The molecule has 0 saturated carbocycles. The third-order valence-electron chi connectivity index (χ3n) is 6.07. The average molecular weight is 445 g/mol. The highest BCUT2D eigenvalue weighted by molar-refractivity contribution is 5.91. The lowest BCUT2D eigenvalue weighted by molar-refractivity contribution is 0.0735. The molecule has 0 spiro atoms. The van der Waals surface area contributed by atoms with Gasteiger partial charge in [-0.25, -0.2) is 14.8 Å². The number of esters is 1. The van der Waals surface area contributed by atoms with E-state index in [1.54, 1.807) is 12.1 Å². The summed E-state index contributed by atoms with van der Waals surface area (Å²) in [4.78, 5) is 21.5. The van der Waals surface area contributed by atoms with Crippen LogP contribution >= 0.6 is 0 Å². The second-order valence-corrected chi connectivity index (χ2v) is 8.91. The van der Waals surface area contributed by atoms with Crippen LogP contribution < -0.4 is 4.74 Å². The van der Waals surface area contributed by atoms with Gasteiger partial charge in [-0.2, -0.15) is 0 Å². The van der Waals surface area contributed by atoms with Crippen LogP contribution in [0.3, 0.4) is 0 Å². The summed E-state index contributed by atoms with van der Waals surface area (Å²) >= 11 is 0. The van der Waals surface area contributed by atoms with Crippen molar-refractivity contribution in [1.29, 1.82) is 0 Å². The molecule has 0 bridgehead atoms. The maximum atomic E-state index is 12.5. The number of nitrogens with zero attached hydrogens (tertiary/aromatic N) is 2. The Morgan fingerprint density at radius 1 is 0.848 bits per heavy atom. The molecular weight excluding hydrogens is 408 g/mol. The first kappa shape index (κ1) is 24.6. The quantitative estimate of drug-likeness (QED) is 0.165. The lowest BCUT2D eigenvalue weighted by atomic mass is 9.98. The molecule has 174 valence electrons. The van der Waals surface area contributed by atoms with Gasteiger partial charge >= 0.3 is 5.97 Å². The van der Waals surface area contributed by atoms with Gasteiger partial charge in [0.15, 0.2) is 5.82 Å². The van der Waals surface area contributed by atoms with Crippen LogP contribution in [0.15, 0.2) is 60.9 Å². The highest BCUT2D eigenvalue weighted by atomic mass is 16.5. The van der Waals surface area contributed by atoms with Gasteiger partial charge in [-0.1, -0.05) is 65.0 Å². The van der Waals surface area contributed by atoms with Gasteiger partial charge in [0.2, 0.25) is 0 Å². The minimum atomic E-state index is -0.350. The summed E-state index contributed by atoms with van der Waals surface area (Å²) in [6.07, 6.45) is 13.4. The molecule has 1 atom stereocenters. The van der Waals surface area contributed by atoms with E-state index in [9.17, 15) is 4.79 Å². The van der Waals surface area contributed by atoms with E-state index in [1.165, 1.54) is 43.2 Å². The van der Waals surface area contributed by atoms with Gasteiger partial charge in [0, 0.05) is 18.0 Å². The Labute approximate surface area is 198 Å². The summed E-state index contributed by atoms with van der Waals surface area (Å²) in [5.41, 5.74) is 3.88. The molecule has 4 heteroatoms. The van der Waals surface area contributed by atoms with Gasteiger partial charge < -0.3 is 4.74 Å². The molecule has 0 aliphatic rings. The summed E-state index contributed by atoms with van der Waals surface area (Å²) in [6.45, 7) is 6.66. The molecule has 0 aliphatic carbocycles. The van der Waals surface area contributed by atoms with Crippen molar-refractivity contribution in [3.8, 4) is 17.1 Å². The summed E-state index contributed by atoms with van der Waals surface area (Å²) < 4.78 is 5.55. The molecule has 33 heavy (non-hydrogen) atoms. The predicted octanol–water partition coefficient (Wildman–Crippen LogP) is 7.46. The molecule has 0 N–H and O–H groups in total. The first-order valence-corrected chi connectivity index (χ1v) is 12.3. The number of aryl methyl sites for hydroxylation is 1. The van der Waals surface area contributed by atoms with Crippen LogP contribution in [0, 0.1) is 5.92 Å². The number of hydrogen-bond acceptors (Lipinski definition) is 4. The molecule has 3 aromatic rings. The lowest BCUT2D eigenvalue weighted by Crippen LogP contribution is -2.08. The maximum absolute atomic E-state index is 12.5. The maximum Gasteiger partial charge on any atom is 0.343 e. The lowest BCUT2D eigenvalue weighted by Gasteiger charge is -2.09. The number of rotatable bonds is 12. The first-order valence-electron chi connectivity index (χ1n) is 12.3. The normalized spacial score (nSPS) is 11.8. The van der Waals surface area contributed by atoms with Crippen LogP contribution in [0.2, 0.25) is 0 Å². The van der Waals surface area contributed by atoms with Gasteiger partial charge in [0.1, 0.15) is 5.75 Å². The van der Waals surface area contributed by atoms with E-state index >= 15 is 0 Å². The van der Waals surface area contributed by atoms with Crippen LogP contribution in [0.5, 0.6) is 5.75 Å². The topological polar surface area (TPSA) is 52.1 Å². The molecular formula is C29H36N2O2. The Balaban J connectivity index is 1.53. The van der Waals surface area contributed by atoms with E-state index in [0.29, 0.717) is 23.1 Å². The SMILES string of the molecule is CCCCCCCc1cnc(-c2ccc(OC(=O)c3ccc(C[C@@H](C)CC)cc3)cc2)nc1. The summed E-state index contributed by atoms with van der Waals surface area (Å²) in [7, 11) is 0. The molecule has 0 radical (unpaired) electrons. The van der Waals surface area contributed by atoms with Gasteiger partial charge in [0.05, 0.1) is 5.56 Å². The minimum Gasteiger partial charge on any atom is -0.423 e. The molecule has 0 unspecified atom stereocenters. The van der Waals surface area contributed by atoms with Crippen LogP contribution in [-0.2, 0) is 12.8 Å². The highest BCUT2D eigenvalue weighted by Gasteiger charge is 2.10. The monoisotopic (exact) mass is 444 g/mol. The first-order chi connectivity index (χ1) is 16.1. The zero-order chi connectivity index (χ0) is 23.5. The second kappa shape index (κ2) is 12.9. The fraction of sp³-hybridized carbons (Fsp3) is 0.414. The molecule has 0 saturated heterocycles. The largest absolute Gasteiger partial charge is 0.423 e. The van der Waals surface area contributed by atoms with Crippen LogP contribution in [-0.4, -0.2) is 15.9 Å². The van der Waals surface area contributed by atoms with Crippen molar-refractivity contribution >= 4 is 5.97 Å². The standard InChI is InChI=1S/C29H36N2O2/c1-4-6-7-8-9-10-24-20-30-28(31-21-24)25-15-17-27(18-16-25)33-29(32)26-13-11-23(12-14-26)19-22(3)5-2/h11-18,20-22H,4-10,19H2,1-3H3/t22-/m0/s1. The van der Waals surface area contributed by atoms with E-state index in [-0.39, 0.29) is 5.97 Å². The van der Waals surface area contributed by atoms with Crippen molar-refractivity contribution in [2.75, 3.05) is 0 Å². The number of unbranched alkanes of at least 4 members (excludes halogenated alkanes) is 4. The van der Waals surface area contributed by atoms with Crippen molar-refractivity contribution < 1.29 is 9.53 Å². The Kier molecular flexibility index (Phi) is 9.61. The van der Waals surface area contributed by atoms with Gasteiger partial charge in [-0.3, -0.25) is 0 Å². The number of ether oxygens (including phenoxy) is 1. The van der Waals surface area contributed by atoms with E-state index in [1.807, 2.05) is 48.8 Å². The third kappa shape index (κ3) is 7.81. The van der Waals surface area contributed by atoms with Crippen molar-refractivity contribution in [3.63, 3.8) is 0 Å². The zero-order valence-corrected chi connectivity index (χ0v) is 20.2. The van der Waals surface area contributed by atoms with E-state index < -0.39 is 0 Å². The Morgan fingerprint density at radius 2 is 1.52 bits per heavy atom. The minimum absolute atomic E-state index is 0.350. The molecule has 0 aliphatic heterocycles. The molecule has 1 aromatic heterocycles. The van der Waals surface area contributed by atoms with Crippen molar-refractivity contribution in [3.05, 3.63) is 77.6 Å². The number of benzene rings is 2. The second-order valence-electron chi connectivity index (χ2n) is 8.91. The van der Waals surface area contributed by atoms with Crippen molar-refractivity contribution in [2.24, 2.45) is 5.92 Å². The molecule has 2 aromatic carbocycles. The number of carbonyl (C=O) groups is 1. The number of aromatic nitrogens is 2. The van der Waals surface area contributed by atoms with Crippen LogP contribution in [0.25, 0.3) is 11.4 Å². The molecule has 0 amide bonds. The van der Waals surface area contributed by atoms with Crippen molar-refractivity contribution in [2.45, 2.75) is 72.1 Å². The van der Waals surface area contributed by atoms with Gasteiger partial charge in [-0.05, 0) is 72.7 Å². The van der Waals surface area contributed by atoms with E-state index in [4.69, 9.17) is 4.74 Å².